The first-order valence-corrected chi connectivity index (χ1v) is 11.8. The molecule has 0 spiro atoms. The van der Waals surface area contributed by atoms with Crippen molar-refractivity contribution in [2.75, 3.05) is 19.8 Å². The lowest BCUT2D eigenvalue weighted by molar-refractivity contribution is -0.142. The van der Waals surface area contributed by atoms with Gasteiger partial charge in [-0.25, -0.2) is 0 Å². The molecule has 4 rings (SSSR count). The number of carbonyl (C=O) groups is 2. The molecule has 1 atom stereocenters. The van der Waals surface area contributed by atoms with Crippen molar-refractivity contribution >= 4 is 17.9 Å². The molecule has 7 heteroatoms. The number of imide groups is 1. The number of hydrogen-bond acceptors (Lipinski definition) is 6. The van der Waals surface area contributed by atoms with E-state index < -0.39 is 11.8 Å². The second kappa shape index (κ2) is 11.0. The third-order valence-electron chi connectivity index (χ3n) is 6.05. The summed E-state index contributed by atoms with van der Waals surface area (Å²) in [4.78, 5) is 27.3. The van der Waals surface area contributed by atoms with E-state index in [0.29, 0.717) is 48.0 Å². The van der Waals surface area contributed by atoms with Crippen molar-refractivity contribution < 1.29 is 23.8 Å². The lowest BCUT2D eigenvalue weighted by Gasteiger charge is -2.29. The molecule has 2 aliphatic rings. The lowest BCUT2D eigenvalue weighted by Crippen LogP contribution is -2.46. The first-order chi connectivity index (χ1) is 17.0. The number of carbonyl (C=O) groups excluding carboxylic acids is 2. The zero-order valence-corrected chi connectivity index (χ0v) is 20.0. The van der Waals surface area contributed by atoms with E-state index in [1.54, 1.807) is 25.1 Å². The Balaban J connectivity index is 1.63. The normalized spacial score (nSPS) is 19.3. The minimum atomic E-state index is -0.567. The van der Waals surface area contributed by atoms with E-state index in [9.17, 15) is 14.9 Å². The van der Waals surface area contributed by atoms with Crippen LogP contribution in [0.4, 0.5) is 0 Å². The van der Waals surface area contributed by atoms with Gasteiger partial charge in [0.25, 0.3) is 11.8 Å². The van der Waals surface area contributed by atoms with Gasteiger partial charge in [0.2, 0.25) is 0 Å². The zero-order valence-electron chi connectivity index (χ0n) is 20.0. The molecule has 1 unspecified atom stereocenters. The number of amides is 2. The summed E-state index contributed by atoms with van der Waals surface area (Å²) in [6.07, 6.45) is 3.16. The summed E-state index contributed by atoms with van der Waals surface area (Å²) in [7, 11) is 0. The van der Waals surface area contributed by atoms with Gasteiger partial charge in [0, 0.05) is 12.2 Å². The largest absolute Gasteiger partial charge is 0.490 e. The van der Waals surface area contributed by atoms with Crippen molar-refractivity contribution in [2.24, 2.45) is 0 Å². The van der Waals surface area contributed by atoms with Gasteiger partial charge in [0.05, 0.1) is 19.3 Å². The summed E-state index contributed by atoms with van der Waals surface area (Å²) in [5, 5.41) is 9.62. The topological polar surface area (TPSA) is 88.9 Å². The minimum Gasteiger partial charge on any atom is -0.490 e. The van der Waals surface area contributed by atoms with Crippen molar-refractivity contribution in [1.82, 2.24) is 4.90 Å². The van der Waals surface area contributed by atoms with Crippen molar-refractivity contribution in [3.05, 3.63) is 76.4 Å². The fourth-order valence-electron chi connectivity index (χ4n) is 4.19. The van der Waals surface area contributed by atoms with Gasteiger partial charge in [-0.2, -0.15) is 5.26 Å². The van der Waals surface area contributed by atoms with Crippen molar-refractivity contribution in [2.45, 2.75) is 39.4 Å². The maximum atomic E-state index is 13.3. The molecule has 2 heterocycles. The molecule has 2 aliphatic heterocycles. The maximum absolute atomic E-state index is 13.3. The molecule has 0 aliphatic carbocycles. The molecule has 7 nitrogen and oxygen atoms in total. The van der Waals surface area contributed by atoms with Gasteiger partial charge in [-0.05, 0) is 61.6 Å². The monoisotopic (exact) mass is 472 g/mol. The summed E-state index contributed by atoms with van der Waals surface area (Å²) in [6.45, 7) is 5.11. The van der Waals surface area contributed by atoms with Crippen LogP contribution >= 0.6 is 0 Å². The zero-order chi connectivity index (χ0) is 24.8. The lowest BCUT2D eigenvalue weighted by atomic mass is 9.93. The van der Waals surface area contributed by atoms with E-state index in [1.807, 2.05) is 49.4 Å². The smallest absolute Gasteiger partial charge is 0.271 e. The SMILES string of the molecule is CCOc1cc(/C=C2/C(=O)N(CC3CCCO3)C(=O)C(C#N)=C2C)ccc1OCc1ccccc1. The summed E-state index contributed by atoms with van der Waals surface area (Å²) in [5.41, 5.74) is 2.39. The van der Waals surface area contributed by atoms with E-state index in [2.05, 4.69) is 0 Å². The first kappa shape index (κ1) is 24.2. The standard InChI is InChI=1S/C28H28N2O5/c1-3-33-26-15-21(11-12-25(26)35-18-20-8-5-4-6-9-20)14-23-19(2)24(16-29)28(32)30(27(23)31)17-22-10-7-13-34-22/h4-6,8-9,11-12,14-15,22H,3,7,10,13,17-18H2,1-2H3/b23-14+. The minimum absolute atomic E-state index is 0.0262. The van der Waals surface area contributed by atoms with Gasteiger partial charge in [0.1, 0.15) is 18.2 Å². The highest BCUT2D eigenvalue weighted by atomic mass is 16.5. The molecule has 1 fully saturated rings. The van der Waals surface area contributed by atoms with E-state index in [-0.39, 0.29) is 18.2 Å². The average molecular weight is 473 g/mol. The summed E-state index contributed by atoms with van der Waals surface area (Å²) < 4.78 is 17.4. The van der Waals surface area contributed by atoms with Crippen LogP contribution in [0.15, 0.2) is 65.3 Å². The van der Waals surface area contributed by atoms with Crippen LogP contribution in [0.3, 0.4) is 0 Å². The van der Waals surface area contributed by atoms with Crippen LogP contribution in [-0.4, -0.2) is 42.6 Å². The molecule has 0 saturated carbocycles. The number of benzene rings is 2. The van der Waals surface area contributed by atoms with Gasteiger partial charge in [-0.3, -0.25) is 14.5 Å². The summed E-state index contributed by atoms with van der Waals surface area (Å²) in [6, 6.07) is 17.2. The Morgan fingerprint density at radius 2 is 1.91 bits per heavy atom. The molecule has 2 amide bonds. The molecule has 0 radical (unpaired) electrons. The Bertz CT molecular complexity index is 1200. The third kappa shape index (κ3) is 5.44. The highest BCUT2D eigenvalue weighted by Crippen LogP contribution is 2.33. The second-order valence-electron chi connectivity index (χ2n) is 8.44. The quantitative estimate of drug-likeness (QED) is 0.417. The summed E-state index contributed by atoms with van der Waals surface area (Å²) >= 11 is 0. The Kier molecular flexibility index (Phi) is 7.64. The maximum Gasteiger partial charge on any atom is 0.271 e. The fourth-order valence-corrected chi connectivity index (χ4v) is 4.19. The summed E-state index contributed by atoms with van der Waals surface area (Å²) in [5.74, 6) is 0.148. The average Bonchev–Trinajstić information content (AvgIpc) is 3.38. The van der Waals surface area contributed by atoms with Crippen LogP contribution in [-0.2, 0) is 20.9 Å². The highest BCUT2D eigenvalue weighted by molar-refractivity contribution is 6.19. The first-order valence-electron chi connectivity index (χ1n) is 11.8. The number of ether oxygens (including phenoxy) is 3. The Labute approximate surface area is 205 Å². The van der Waals surface area contributed by atoms with Crippen molar-refractivity contribution in [1.29, 1.82) is 5.26 Å². The molecular formula is C28H28N2O5. The second-order valence-corrected chi connectivity index (χ2v) is 8.44. The number of hydrogen-bond donors (Lipinski definition) is 0. The number of nitriles is 1. The van der Waals surface area contributed by atoms with Gasteiger partial charge >= 0.3 is 0 Å². The molecule has 2 aromatic carbocycles. The van der Waals surface area contributed by atoms with Crippen molar-refractivity contribution in [3.63, 3.8) is 0 Å². The number of nitrogens with zero attached hydrogens (tertiary/aromatic N) is 2. The van der Waals surface area contributed by atoms with Gasteiger partial charge < -0.3 is 14.2 Å². The van der Waals surface area contributed by atoms with Crippen LogP contribution in [0.1, 0.15) is 37.8 Å². The van der Waals surface area contributed by atoms with Crippen LogP contribution in [0.2, 0.25) is 0 Å². The van der Waals surface area contributed by atoms with Crippen LogP contribution in [0, 0.1) is 11.3 Å². The van der Waals surface area contributed by atoms with Crippen LogP contribution in [0.5, 0.6) is 11.5 Å². The Hall–Kier alpha value is -3.89. The fraction of sp³-hybridized carbons (Fsp3) is 0.321. The predicted octanol–water partition coefficient (Wildman–Crippen LogP) is 4.44. The molecule has 0 aromatic heterocycles. The molecule has 0 N–H and O–H groups in total. The molecule has 180 valence electrons. The molecule has 35 heavy (non-hydrogen) atoms. The van der Waals surface area contributed by atoms with Gasteiger partial charge in [0.15, 0.2) is 11.5 Å². The van der Waals surface area contributed by atoms with E-state index in [4.69, 9.17) is 14.2 Å². The molecule has 2 aromatic rings. The van der Waals surface area contributed by atoms with E-state index in [1.165, 1.54) is 0 Å². The van der Waals surface area contributed by atoms with Gasteiger partial charge in [-0.15, -0.1) is 0 Å². The van der Waals surface area contributed by atoms with Crippen LogP contribution < -0.4 is 9.47 Å². The Morgan fingerprint density at radius 3 is 2.60 bits per heavy atom. The van der Waals surface area contributed by atoms with Crippen molar-refractivity contribution in [3.8, 4) is 17.6 Å². The van der Waals surface area contributed by atoms with Crippen LogP contribution in [0.25, 0.3) is 6.08 Å². The van der Waals surface area contributed by atoms with Gasteiger partial charge in [-0.1, -0.05) is 36.4 Å². The van der Waals surface area contributed by atoms with E-state index in [0.717, 1.165) is 23.3 Å². The third-order valence-corrected chi connectivity index (χ3v) is 6.05. The highest BCUT2D eigenvalue weighted by Gasteiger charge is 2.37. The molecule has 0 bridgehead atoms. The van der Waals surface area contributed by atoms with E-state index >= 15 is 0 Å². The Morgan fingerprint density at radius 1 is 1.11 bits per heavy atom. The molecular weight excluding hydrogens is 444 g/mol. The predicted molar refractivity (Wildman–Crippen MR) is 130 cm³/mol. The number of rotatable bonds is 8. The molecule has 1 saturated heterocycles.